The number of aromatic nitrogens is 2. The van der Waals surface area contributed by atoms with Gasteiger partial charge in [-0.15, -0.1) is 12.3 Å². The molecular weight excluding hydrogens is 219 g/mol. The van der Waals surface area contributed by atoms with Gasteiger partial charge in [0.1, 0.15) is 5.82 Å². The minimum Gasteiger partial charge on any atom is -0.339 e. The van der Waals surface area contributed by atoms with E-state index in [-0.39, 0.29) is 5.82 Å². The zero-order chi connectivity index (χ0) is 12.1. The van der Waals surface area contributed by atoms with E-state index in [9.17, 15) is 4.39 Å². The summed E-state index contributed by atoms with van der Waals surface area (Å²) in [4.78, 5) is 4.18. The van der Waals surface area contributed by atoms with Crippen LogP contribution in [-0.2, 0) is 12.8 Å². The number of rotatable bonds is 4. The minimum absolute atomic E-state index is 0.265. The molecule has 0 spiro atoms. The average Bonchev–Trinajstić information content (AvgIpc) is 2.74. The summed E-state index contributed by atoms with van der Waals surface area (Å²) in [6, 6.07) is 6.33. The summed E-state index contributed by atoms with van der Waals surface area (Å²) in [5.41, 5.74) is 0.814. The van der Waals surface area contributed by atoms with E-state index in [1.807, 2.05) is 6.07 Å². The number of terminal acetylenes is 1. The molecule has 1 aromatic carbocycles. The summed E-state index contributed by atoms with van der Waals surface area (Å²) < 4.78 is 18.0. The second-order valence-electron chi connectivity index (χ2n) is 3.62. The van der Waals surface area contributed by atoms with Crippen LogP contribution in [0.4, 0.5) is 4.39 Å². The van der Waals surface area contributed by atoms with Gasteiger partial charge >= 0.3 is 0 Å². The molecule has 17 heavy (non-hydrogen) atoms. The van der Waals surface area contributed by atoms with Crippen molar-refractivity contribution in [1.29, 1.82) is 0 Å². The molecule has 2 rings (SSSR count). The van der Waals surface area contributed by atoms with Crippen LogP contribution >= 0.6 is 0 Å². The van der Waals surface area contributed by atoms with E-state index in [2.05, 4.69) is 16.1 Å². The van der Waals surface area contributed by atoms with E-state index in [4.69, 9.17) is 10.9 Å². The fourth-order valence-electron chi connectivity index (χ4n) is 1.47. The standard InChI is InChI=1S/C13H11FN2O/c1-2-3-7-13-15-12(16-17-13)9-10-5-4-6-11(14)8-10/h1,4-6,8H,3,7,9H2. The van der Waals surface area contributed by atoms with Crippen molar-refractivity contribution < 1.29 is 8.91 Å². The molecule has 2 aromatic rings. The number of nitrogens with zero attached hydrogens (tertiary/aromatic N) is 2. The quantitative estimate of drug-likeness (QED) is 0.757. The van der Waals surface area contributed by atoms with Crippen molar-refractivity contribution in [1.82, 2.24) is 10.1 Å². The first-order valence-corrected chi connectivity index (χ1v) is 5.27. The molecule has 1 heterocycles. The van der Waals surface area contributed by atoms with Crippen LogP contribution in [0.25, 0.3) is 0 Å². The van der Waals surface area contributed by atoms with E-state index < -0.39 is 0 Å². The van der Waals surface area contributed by atoms with Crippen molar-refractivity contribution in [2.75, 3.05) is 0 Å². The summed E-state index contributed by atoms with van der Waals surface area (Å²) >= 11 is 0. The van der Waals surface area contributed by atoms with Crippen molar-refractivity contribution in [2.45, 2.75) is 19.3 Å². The highest BCUT2D eigenvalue weighted by atomic mass is 19.1. The largest absolute Gasteiger partial charge is 0.339 e. The van der Waals surface area contributed by atoms with E-state index in [1.165, 1.54) is 12.1 Å². The Morgan fingerprint density at radius 1 is 1.41 bits per heavy atom. The van der Waals surface area contributed by atoms with Crippen molar-refractivity contribution >= 4 is 0 Å². The lowest BCUT2D eigenvalue weighted by atomic mass is 10.1. The summed E-state index contributed by atoms with van der Waals surface area (Å²) in [7, 11) is 0. The van der Waals surface area contributed by atoms with Gasteiger partial charge in [-0.25, -0.2) is 4.39 Å². The topological polar surface area (TPSA) is 38.9 Å². The van der Waals surface area contributed by atoms with Gasteiger partial charge in [0, 0.05) is 19.3 Å². The molecule has 0 unspecified atom stereocenters. The summed E-state index contributed by atoms with van der Waals surface area (Å²) in [6.45, 7) is 0. The lowest BCUT2D eigenvalue weighted by Crippen LogP contribution is -1.92. The van der Waals surface area contributed by atoms with Gasteiger partial charge in [-0.1, -0.05) is 17.3 Å². The molecule has 0 radical (unpaired) electrons. The Morgan fingerprint density at radius 3 is 3.06 bits per heavy atom. The van der Waals surface area contributed by atoms with Crippen molar-refractivity contribution in [3.8, 4) is 12.3 Å². The summed E-state index contributed by atoms with van der Waals surface area (Å²) in [5, 5.41) is 3.82. The van der Waals surface area contributed by atoms with E-state index in [0.717, 1.165) is 5.56 Å². The molecule has 1 aromatic heterocycles. The van der Waals surface area contributed by atoms with Crippen LogP contribution < -0.4 is 0 Å². The number of hydrogen-bond acceptors (Lipinski definition) is 3. The van der Waals surface area contributed by atoms with Crippen LogP contribution in [-0.4, -0.2) is 10.1 Å². The highest BCUT2D eigenvalue weighted by Gasteiger charge is 2.06. The molecule has 86 valence electrons. The van der Waals surface area contributed by atoms with Gasteiger partial charge in [0.15, 0.2) is 5.82 Å². The van der Waals surface area contributed by atoms with Crippen LogP contribution in [0.1, 0.15) is 23.7 Å². The highest BCUT2D eigenvalue weighted by Crippen LogP contribution is 2.09. The van der Waals surface area contributed by atoms with Crippen LogP contribution in [0.15, 0.2) is 28.8 Å². The van der Waals surface area contributed by atoms with Crippen molar-refractivity contribution in [3.63, 3.8) is 0 Å². The Kier molecular flexibility index (Phi) is 3.51. The fraction of sp³-hybridized carbons (Fsp3) is 0.231. The van der Waals surface area contributed by atoms with E-state index >= 15 is 0 Å². The molecule has 0 atom stereocenters. The molecule has 0 amide bonds. The zero-order valence-electron chi connectivity index (χ0n) is 9.19. The van der Waals surface area contributed by atoms with Gasteiger partial charge in [0.05, 0.1) is 0 Å². The second-order valence-corrected chi connectivity index (χ2v) is 3.62. The number of hydrogen-bond donors (Lipinski definition) is 0. The molecular formula is C13H11FN2O. The molecule has 0 saturated heterocycles. The molecule has 4 heteroatoms. The highest BCUT2D eigenvalue weighted by molar-refractivity contribution is 5.19. The maximum atomic E-state index is 13.0. The molecule has 0 fully saturated rings. The van der Waals surface area contributed by atoms with Gasteiger partial charge in [-0.3, -0.25) is 0 Å². The summed E-state index contributed by atoms with van der Waals surface area (Å²) in [5.74, 6) is 3.31. The van der Waals surface area contributed by atoms with Crippen molar-refractivity contribution in [3.05, 3.63) is 47.4 Å². The second kappa shape index (κ2) is 5.26. The molecule has 0 aliphatic heterocycles. The number of aryl methyl sites for hydroxylation is 1. The SMILES string of the molecule is C#CCCc1nc(Cc2cccc(F)c2)no1. The van der Waals surface area contributed by atoms with Gasteiger partial charge in [0.25, 0.3) is 0 Å². The predicted octanol–water partition coefficient (Wildman–Crippen LogP) is 2.37. The fourth-order valence-corrected chi connectivity index (χ4v) is 1.47. The Morgan fingerprint density at radius 2 is 2.29 bits per heavy atom. The predicted molar refractivity (Wildman–Crippen MR) is 60.7 cm³/mol. The maximum absolute atomic E-state index is 13.0. The molecule has 0 aliphatic rings. The van der Waals surface area contributed by atoms with Gasteiger partial charge in [-0.05, 0) is 17.7 Å². The van der Waals surface area contributed by atoms with Gasteiger partial charge in [0.2, 0.25) is 5.89 Å². The van der Waals surface area contributed by atoms with Gasteiger partial charge in [-0.2, -0.15) is 4.98 Å². The third-order valence-electron chi connectivity index (χ3n) is 2.24. The summed E-state index contributed by atoms with van der Waals surface area (Å²) in [6.07, 6.45) is 6.74. The van der Waals surface area contributed by atoms with Gasteiger partial charge < -0.3 is 4.52 Å². The number of benzene rings is 1. The first kappa shape index (κ1) is 11.3. The van der Waals surface area contributed by atoms with Crippen LogP contribution in [0.2, 0.25) is 0 Å². The first-order valence-electron chi connectivity index (χ1n) is 5.27. The Balaban J connectivity index is 2.04. The number of halogens is 1. The molecule has 0 N–H and O–H groups in total. The zero-order valence-corrected chi connectivity index (χ0v) is 9.19. The normalized spacial score (nSPS) is 10.1. The molecule has 0 bridgehead atoms. The maximum Gasteiger partial charge on any atom is 0.227 e. The van der Waals surface area contributed by atoms with Crippen molar-refractivity contribution in [2.24, 2.45) is 0 Å². The Bertz CT molecular complexity index is 542. The third-order valence-corrected chi connectivity index (χ3v) is 2.24. The first-order chi connectivity index (χ1) is 8.28. The van der Waals surface area contributed by atoms with Crippen LogP contribution in [0.5, 0.6) is 0 Å². The third kappa shape index (κ3) is 3.15. The monoisotopic (exact) mass is 230 g/mol. The molecule has 0 aliphatic carbocycles. The Labute approximate surface area is 98.7 Å². The smallest absolute Gasteiger partial charge is 0.227 e. The lowest BCUT2D eigenvalue weighted by molar-refractivity contribution is 0.375. The lowest BCUT2D eigenvalue weighted by Gasteiger charge is -1.95. The average molecular weight is 230 g/mol. The molecule has 3 nitrogen and oxygen atoms in total. The van der Waals surface area contributed by atoms with E-state index in [0.29, 0.717) is 31.0 Å². The van der Waals surface area contributed by atoms with Crippen LogP contribution in [0.3, 0.4) is 0 Å². The minimum atomic E-state index is -0.265. The molecule has 0 saturated carbocycles. The van der Waals surface area contributed by atoms with E-state index in [1.54, 1.807) is 6.07 Å². The van der Waals surface area contributed by atoms with Crippen LogP contribution in [0, 0.1) is 18.2 Å². The Hall–Kier alpha value is -2.15.